The predicted molar refractivity (Wildman–Crippen MR) is 119 cm³/mol. The van der Waals surface area contributed by atoms with Crippen LogP contribution in [0.25, 0.3) is 0 Å². The van der Waals surface area contributed by atoms with E-state index in [1.807, 2.05) is 0 Å². The molecule has 0 amide bonds. The van der Waals surface area contributed by atoms with Gasteiger partial charge in [0.15, 0.2) is 0 Å². The number of hydrogen-bond donors (Lipinski definition) is 2. The van der Waals surface area contributed by atoms with Crippen molar-refractivity contribution < 1.29 is 30.0 Å². The lowest BCUT2D eigenvalue weighted by molar-refractivity contribution is -0.137. The van der Waals surface area contributed by atoms with Gasteiger partial charge in [0.2, 0.25) is 0 Å². The van der Waals surface area contributed by atoms with Gasteiger partial charge in [-0.15, -0.1) is 11.3 Å². The molecule has 0 unspecified atom stereocenters. The van der Waals surface area contributed by atoms with Gasteiger partial charge in [-0.05, 0) is 41.8 Å². The van der Waals surface area contributed by atoms with Crippen LogP contribution in [-0.4, -0.2) is 16.8 Å². The Morgan fingerprint density at radius 2 is 1.34 bits per heavy atom. The highest BCUT2D eigenvalue weighted by Crippen LogP contribution is 2.37. The molecule has 0 spiro atoms. The van der Waals surface area contributed by atoms with Gasteiger partial charge in [0.05, 0.1) is 32.0 Å². The minimum atomic E-state index is -4.73. The van der Waals surface area contributed by atoms with Crippen molar-refractivity contribution in [3.8, 4) is 0 Å². The molecule has 0 aliphatic heterocycles. The molecule has 6 nitrogen and oxygen atoms in total. The standard InChI is InChI=1S/C17H10Cl3F3N2O4S3/c18-10-7-13(14(8-11(10)19)25-32(28,29)16-2-1-5-30-16)24-31(26,27)15-4-3-9(6-12(15)20)17(21,22)23/h1-8,24-25H. The van der Waals surface area contributed by atoms with Crippen LogP contribution in [0.15, 0.2) is 56.9 Å². The highest BCUT2D eigenvalue weighted by Gasteiger charge is 2.32. The van der Waals surface area contributed by atoms with Crippen LogP contribution in [0.3, 0.4) is 0 Å². The third kappa shape index (κ3) is 5.43. The monoisotopic (exact) mass is 564 g/mol. The summed E-state index contributed by atoms with van der Waals surface area (Å²) in [5.41, 5.74) is -1.73. The number of halogens is 6. The molecule has 0 atom stereocenters. The maximum Gasteiger partial charge on any atom is 0.416 e. The highest BCUT2D eigenvalue weighted by molar-refractivity contribution is 7.94. The Bertz CT molecular complexity index is 1380. The van der Waals surface area contributed by atoms with Crippen LogP contribution >= 0.6 is 46.1 Å². The first-order valence-corrected chi connectivity index (χ1v) is 13.1. The number of alkyl halides is 3. The van der Waals surface area contributed by atoms with Crippen LogP contribution in [0.2, 0.25) is 15.1 Å². The smallest absolute Gasteiger partial charge is 0.277 e. The largest absolute Gasteiger partial charge is 0.416 e. The van der Waals surface area contributed by atoms with E-state index in [0.717, 1.165) is 23.5 Å². The minimum absolute atomic E-state index is 0.0526. The quantitative estimate of drug-likeness (QED) is 0.365. The van der Waals surface area contributed by atoms with Crippen molar-refractivity contribution in [2.45, 2.75) is 15.3 Å². The van der Waals surface area contributed by atoms with E-state index in [1.54, 1.807) is 0 Å². The molecule has 32 heavy (non-hydrogen) atoms. The van der Waals surface area contributed by atoms with E-state index in [0.29, 0.717) is 18.2 Å². The molecule has 1 aromatic heterocycles. The molecule has 3 aromatic rings. The van der Waals surface area contributed by atoms with Gasteiger partial charge < -0.3 is 0 Å². The number of anilines is 2. The van der Waals surface area contributed by atoms with Crippen molar-refractivity contribution in [3.05, 3.63) is 68.5 Å². The van der Waals surface area contributed by atoms with Gasteiger partial charge in [-0.1, -0.05) is 40.9 Å². The van der Waals surface area contributed by atoms with Gasteiger partial charge in [0.25, 0.3) is 20.0 Å². The molecule has 0 bridgehead atoms. The summed E-state index contributed by atoms with van der Waals surface area (Å²) in [6, 6.07) is 6.66. The lowest BCUT2D eigenvalue weighted by atomic mass is 10.2. The van der Waals surface area contributed by atoms with Crippen LogP contribution in [0.1, 0.15) is 5.56 Å². The lowest BCUT2D eigenvalue weighted by Crippen LogP contribution is -2.18. The molecule has 1 heterocycles. The van der Waals surface area contributed by atoms with Crippen molar-refractivity contribution in [2.24, 2.45) is 0 Å². The van der Waals surface area contributed by atoms with Crippen LogP contribution in [-0.2, 0) is 26.2 Å². The molecule has 2 aromatic carbocycles. The maximum absolute atomic E-state index is 12.8. The first-order chi connectivity index (χ1) is 14.7. The van der Waals surface area contributed by atoms with Crippen LogP contribution < -0.4 is 9.44 Å². The Hall–Kier alpha value is -1.70. The molecule has 172 valence electrons. The predicted octanol–water partition coefficient (Wildman–Crippen LogP) is 6.33. The first kappa shape index (κ1) is 24.9. The minimum Gasteiger partial charge on any atom is -0.277 e. The van der Waals surface area contributed by atoms with E-state index < -0.39 is 41.7 Å². The van der Waals surface area contributed by atoms with Gasteiger partial charge >= 0.3 is 6.18 Å². The van der Waals surface area contributed by atoms with Gasteiger partial charge in [-0.2, -0.15) is 13.2 Å². The fourth-order valence-corrected chi connectivity index (χ4v) is 6.43. The molecular weight excluding hydrogens is 556 g/mol. The SMILES string of the molecule is O=S(=O)(Nc1cc(Cl)c(Cl)cc1NS(=O)(=O)c1ccc(C(F)(F)F)cc1Cl)c1cccs1. The Kier molecular flexibility index (Phi) is 6.95. The van der Waals surface area contributed by atoms with Crippen LogP contribution in [0, 0.1) is 0 Å². The molecule has 0 radical (unpaired) electrons. The van der Waals surface area contributed by atoms with Gasteiger partial charge in [0.1, 0.15) is 9.10 Å². The summed E-state index contributed by atoms with van der Waals surface area (Å²) in [5.74, 6) is 0. The Morgan fingerprint density at radius 3 is 1.81 bits per heavy atom. The van der Waals surface area contributed by atoms with Crippen molar-refractivity contribution in [1.82, 2.24) is 0 Å². The molecule has 15 heteroatoms. The van der Waals surface area contributed by atoms with Gasteiger partial charge in [0, 0.05) is 0 Å². The average Bonchev–Trinajstić information content (AvgIpc) is 3.20. The number of rotatable bonds is 6. The third-order valence-corrected chi connectivity index (χ3v) is 9.19. The van der Waals surface area contributed by atoms with Crippen LogP contribution in [0.4, 0.5) is 24.5 Å². The summed E-state index contributed by atoms with van der Waals surface area (Å²) in [7, 11) is -8.64. The molecule has 0 saturated heterocycles. The van der Waals surface area contributed by atoms with E-state index in [-0.39, 0.29) is 25.6 Å². The second-order valence-electron chi connectivity index (χ2n) is 6.10. The zero-order valence-electron chi connectivity index (χ0n) is 15.2. The van der Waals surface area contributed by atoms with E-state index in [9.17, 15) is 30.0 Å². The Balaban J connectivity index is 2.02. The van der Waals surface area contributed by atoms with Gasteiger partial charge in [-0.25, -0.2) is 16.8 Å². The third-order valence-electron chi connectivity index (χ3n) is 3.86. The van der Waals surface area contributed by atoms with Crippen molar-refractivity contribution >= 4 is 77.6 Å². The summed E-state index contributed by atoms with van der Waals surface area (Å²) in [6.07, 6.45) is -4.73. The van der Waals surface area contributed by atoms with Crippen molar-refractivity contribution in [1.29, 1.82) is 0 Å². The summed E-state index contributed by atoms with van der Waals surface area (Å²) in [6.45, 7) is 0. The maximum atomic E-state index is 12.8. The number of thiophene rings is 1. The molecule has 0 aliphatic rings. The first-order valence-electron chi connectivity index (χ1n) is 8.15. The zero-order chi connectivity index (χ0) is 23.9. The van der Waals surface area contributed by atoms with Crippen molar-refractivity contribution in [2.75, 3.05) is 9.44 Å². The van der Waals surface area contributed by atoms with E-state index in [1.165, 1.54) is 17.5 Å². The summed E-state index contributed by atoms with van der Waals surface area (Å²) in [4.78, 5) is -0.662. The Morgan fingerprint density at radius 1 is 0.781 bits per heavy atom. The molecule has 2 N–H and O–H groups in total. The number of benzene rings is 2. The Labute approximate surface area is 200 Å². The average molecular weight is 566 g/mol. The molecule has 0 fully saturated rings. The fourth-order valence-electron chi connectivity index (χ4n) is 2.42. The topological polar surface area (TPSA) is 92.3 Å². The normalized spacial score (nSPS) is 12.6. The second kappa shape index (κ2) is 8.92. The molecule has 0 aliphatic carbocycles. The van der Waals surface area contributed by atoms with E-state index in [4.69, 9.17) is 34.8 Å². The number of nitrogens with one attached hydrogen (secondary N) is 2. The fraction of sp³-hybridized carbons (Fsp3) is 0.0588. The highest BCUT2D eigenvalue weighted by atomic mass is 35.5. The number of sulfonamides is 2. The lowest BCUT2D eigenvalue weighted by Gasteiger charge is -2.16. The summed E-state index contributed by atoms with van der Waals surface area (Å²) >= 11 is 18.6. The zero-order valence-corrected chi connectivity index (χ0v) is 20.0. The number of hydrogen-bond acceptors (Lipinski definition) is 5. The van der Waals surface area contributed by atoms with Crippen molar-refractivity contribution in [3.63, 3.8) is 0 Å². The van der Waals surface area contributed by atoms with Crippen LogP contribution in [0.5, 0.6) is 0 Å². The van der Waals surface area contributed by atoms with E-state index in [2.05, 4.69) is 9.44 Å². The summed E-state index contributed by atoms with van der Waals surface area (Å²) in [5, 5.41) is 0.653. The van der Waals surface area contributed by atoms with Gasteiger partial charge in [-0.3, -0.25) is 9.44 Å². The molecule has 3 rings (SSSR count). The molecular formula is C17H10Cl3F3N2O4S3. The summed E-state index contributed by atoms with van der Waals surface area (Å²) < 4.78 is 93.4. The second-order valence-corrected chi connectivity index (χ2v) is 11.8. The van der Waals surface area contributed by atoms with E-state index >= 15 is 0 Å². The molecule has 0 saturated carbocycles.